The number of benzene rings is 1. The van der Waals surface area contributed by atoms with E-state index < -0.39 is 10.0 Å². The third-order valence-electron chi connectivity index (χ3n) is 5.34. The van der Waals surface area contributed by atoms with Crippen LogP contribution in [-0.2, 0) is 26.0 Å². The molecule has 0 atom stereocenters. The minimum Gasteiger partial charge on any atom is -0.466 e. The second-order valence-electron chi connectivity index (χ2n) is 7.45. The number of ether oxygens (including phenoxy) is 1. The average Bonchev–Trinajstić information content (AvgIpc) is 3.21. The van der Waals surface area contributed by atoms with Crippen LogP contribution in [0.2, 0.25) is 10.0 Å². The number of nitrogens with zero attached hydrogens (tertiary/aromatic N) is 6. The van der Waals surface area contributed by atoms with Gasteiger partial charge in [0.2, 0.25) is 10.0 Å². The number of sulfonamides is 1. The third-order valence-corrected chi connectivity index (χ3v) is 7.66. The molecule has 3 heterocycles. The van der Waals surface area contributed by atoms with Gasteiger partial charge in [-0.05, 0) is 32.0 Å². The molecule has 0 spiro atoms. The number of carbonyl (C=O) groups is 1. The van der Waals surface area contributed by atoms with Gasteiger partial charge in [-0.15, -0.1) is 0 Å². The molecular formula is C20H22Cl2N6O4S. The summed E-state index contributed by atoms with van der Waals surface area (Å²) in [5, 5.41) is 4.78. The quantitative estimate of drug-likeness (QED) is 0.462. The number of hydrogen-bond donors (Lipinski definition) is 0. The van der Waals surface area contributed by atoms with Crippen molar-refractivity contribution in [3.63, 3.8) is 0 Å². The van der Waals surface area contributed by atoms with Crippen molar-refractivity contribution in [2.24, 2.45) is 0 Å². The van der Waals surface area contributed by atoms with E-state index in [9.17, 15) is 13.2 Å². The van der Waals surface area contributed by atoms with Crippen molar-refractivity contribution in [1.82, 2.24) is 23.9 Å². The predicted octanol–water partition coefficient (Wildman–Crippen LogP) is 2.36. The zero-order valence-corrected chi connectivity index (χ0v) is 20.4. The number of halogens is 2. The summed E-state index contributed by atoms with van der Waals surface area (Å²) in [6, 6.07) is 4.26. The summed E-state index contributed by atoms with van der Waals surface area (Å²) in [5.41, 5.74) is 1.31. The second-order valence-corrected chi connectivity index (χ2v) is 10.3. The molecule has 10 nitrogen and oxygen atoms in total. The number of carbonyl (C=O) groups excluding carboxylic acids is 1. The molecule has 0 N–H and O–H groups in total. The molecule has 0 bridgehead atoms. The fourth-order valence-corrected chi connectivity index (χ4v) is 5.97. The number of piperazine rings is 1. The molecule has 3 aromatic rings. The van der Waals surface area contributed by atoms with E-state index in [0.717, 1.165) is 0 Å². The summed E-state index contributed by atoms with van der Waals surface area (Å²) in [5.74, 6) is 0.687. The van der Waals surface area contributed by atoms with Crippen molar-refractivity contribution < 1.29 is 17.9 Å². The van der Waals surface area contributed by atoms with Crippen molar-refractivity contribution in [2.45, 2.75) is 25.2 Å². The van der Waals surface area contributed by atoms with E-state index in [1.54, 1.807) is 18.4 Å². The van der Waals surface area contributed by atoms with Crippen LogP contribution >= 0.6 is 23.2 Å². The van der Waals surface area contributed by atoms with Gasteiger partial charge in [0.25, 0.3) is 5.78 Å². The highest BCUT2D eigenvalue weighted by Crippen LogP contribution is 2.28. The zero-order valence-electron chi connectivity index (χ0n) is 18.0. The maximum atomic E-state index is 13.1. The first-order chi connectivity index (χ1) is 15.7. The van der Waals surface area contributed by atoms with Gasteiger partial charge < -0.3 is 9.64 Å². The van der Waals surface area contributed by atoms with Gasteiger partial charge in [0.1, 0.15) is 12.1 Å². The lowest BCUT2D eigenvalue weighted by Gasteiger charge is -2.36. The summed E-state index contributed by atoms with van der Waals surface area (Å²) in [7, 11) is -3.77. The third kappa shape index (κ3) is 4.77. The first kappa shape index (κ1) is 23.7. The first-order valence-corrected chi connectivity index (χ1v) is 12.5. The van der Waals surface area contributed by atoms with Gasteiger partial charge >= 0.3 is 5.97 Å². The Morgan fingerprint density at radius 3 is 2.42 bits per heavy atom. The van der Waals surface area contributed by atoms with Crippen LogP contribution in [0.25, 0.3) is 5.78 Å². The standard InChI is InChI=1S/C20H22Cl2N6O4S/c1-3-32-18(29)11-17-13(2)25-20-23-12-24-28(20)19(17)26-4-6-27(7-5-26)33(30,31)16-9-14(21)8-15(22)10-16/h8-10,12H,3-7,11H2,1-2H3. The lowest BCUT2D eigenvalue weighted by Crippen LogP contribution is -2.49. The van der Waals surface area contributed by atoms with E-state index in [0.29, 0.717) is 35.9 Å². The summed E-state index contributed by atoms with van der Waals surface area (Å²) in [4.78, 5) is 22.9. The molecule has 13 heteroatoms. The minimum atomic E-state index is -3.77. The second kappa shape index (κ2) is 9.41. The Morgan fingerprint density at radius 2 is 1.79 bits per heavy atom. The molecule has 1 aliphatic heterocycles. The highest BCUT2D eigenvalue weighted by atomic mass is 35.5. The highest BCUT2D eigenvalue weighted by Gasteiger charge is 2.31. The van der Waals surface area contributed by atoms with Crippen molar-refractivity contribution in [2.75, 3.05) is 37.7 Å². The van der Waals surface area contributed by atoms with Crippen molar-refractivity contribution in [3.8, 4) is 0 Å². The number of hydrogen-bond acceptors (Lipinski definition) is 8. The monoisotopic (exact) mass is 512 g/mol. The molecular weight excluding hydrogens is 491 g/mol. The Bertz CT molecular complexity index is 1290. The van der Waals surface area contributed by atoms with Gasteiger partial charge in [-0.1, -0.05) is 23.2 Å². The highest BCUT2D eigenvalue weighted by molar-refractivity contribution is 7.89. The molecule has 0 aliphatic carbocycles. The van der Waals surface area contributed by atoms with E-state index in [4.69, 9.17) is 27.9 Å². The largest absolute Gasteiger partial charge is 0.466 e. The van der Waals surface area contributed by atoms with Crippen LogP contribution in [0, 0.1) is 6.92 Å². The molecule has 1 saturated heterocycles. The van der Waals surface area contributed by atoms with Gasteiger partial charge in [0.15, 0.2) is 0 Å². The predicted molar refractivity (Wildman–Crippen MR) is 123 cm³/mol. The number of esters is 1. The van der Waals surface area contributed by atoms with Crippen LogP contribution in [0.15, 0.2) is 29.4 Å². The molecule has 1 aliphatic rings. The lowest BCUT2D eigenvalue weighted by atomic mass is 10.1. The van der Waals surface area contributed by atoms with Gasteiger partial charge in [0.05, 0.1) is 17.9 Å². The van der Waals surface area contributed by atoms with Gasteiger partial charge in [-0.2, -0.15) is 18.9 Å². The zero-order chi connectivity index (χ0) is 23.8. The van der Waals surface area contributed by atoms with Gasteiger partial charge in [-0.3, -0.25) is 4.79 Å². The van der Waals surface area contributed by atoms with Crippen molar-refractivity contribution >= 4 is 50.8 Å². The SMILES string of the molecule is CCOC(=O)Cc1c(C)nc2ncnn2c1N1CCN(S(=O)(=O)c2cc(Cl)cc(Cl)c2)CC1. The maximum Gasteiger partial charge on any atom is 0.310 e. The van der Waals surface area contributed by atoms with E-state index >= 15 is 0 Å². The topological polar surface area (TPSA) is 110 Å². The van der Waals surface area contributed by atoms with E-state index in [1.807, 2.05) is 4.90 Å². The van der Waals surface area contributed by atoms with Gasteiger partial charge in [0, 0.05) is 47.5 Å². The molecule has 0 unspecified atom stereocenters. The molecule has 4 rings (SSSR count). The molecule has 0 radical (unpaired) electrons. The van der Waals surface area contributed by atoms with Crippen molar-refractivity contribution in [1.29, 1.82) is 0 Å². The van der Waals surface area contributed by atoms with Crippen LogP contribution < -0.4 is 4.90 Å². The van der Waals surface area contributed by atoms with E-state index in [2.05, 4.69) is 15.1 Å². The summed E-state index contributed by atoms with van der Waals surface area (Å²) in [6.07, 6.45) is 1.42. The van der Waals surface area contributed by atoms with Crippen LogP contribution in [0.1, 0.15) is 18.2 Å². The minimum absolute atomic E-state index is 0.0251. The van der Waals surface area contributed by atoms with Crippen LogP contribution in [0.5, 0.6) is 0 Å². The Labute approximate surface area is 201 Å². The summed E-state index contributed by atoms with van der Waals surface area (Å²) in [6.45, 7) is 5.03. The Hall–Kier alpha value is -2.47. The van der Waals surface area contributed by atoms with Crippen LogP contribution in [-0.4, -0.2) is 71.1 Å². The number of anilines is 1. The molecule has 176 valence electrons. The number of fused-ring (bicyclic) bond motifs is 1. The van der Waals surface area contributed by atoms with E-state index in [-0.39, 0.29) is 47.0 Å². The first-order valence-electron chi connectivity index (χ1n) is 10.3. The Balaban J connectivity index is 1.63. The smallest absolute Gasteiger partial charge is 0.310 e. The summed E-state index contributed by atoms with van der Waals surface area (Å²) >= 11 is 12.0. The molecule has 2 aromatic heterocycles. The number of aryl methyl sites for hydroxylation is 1. The fourth-order valence-electron chi connectivity index (χ4n) is 3.82. The normalized spacial score (nSPS) is 15.2. The number of rotatable bonds is 6. The molecule has 1 aromatic carbocycles. The molecule has 1 fully saturated rings. The molecule has 0 saturated carbocycles. The molecule has 0 amide bonds. The Morgan fingerprint density at radius 1 is 1.12 bits per heavy atom. The van der Waals surface area contributed by atoms with Crippen LogP contribution in [0.4, 0.5) is 5.82 Å². The molecule has 33 heavy (non-hydrogen) atoms. The lowest BCUT2D eigenvalue weighted by molar-refractivity contribution is -0.142. The van der Waals surface area contributed by atoms with Crippen LogP contribution in [0.3, 0.4) is 0 Å². The van der Waals surface area contributed by atoms with Gasteiger partial charge in [-0.25, -0.2) is 13.4 Å². The average molecular weight is 513 g/mol. The maximum absolute atomic E-state index is 13.1. The summed E-state index contributed by atoms with van der Waals surface area (Å²) < 4.78 is 34.4. The van der Waals surface area contributed by atoms with E-state index in [1.165, 1.54) is 28.8 Å². The van der Waals surface area contributed by atoms with Crippen molar-refractivity contribution in [3.05, 3.63) is 45.8 Å². The number of aromatic nitrogens is 4. The Kier molecular flexibility index (Phi) is 6.76. The fraction of sp³-hybridized carbons (Fsp3) is 0.400.